The first-order valence-electron chi connectivity index (χ1n) is 9.19. The van der Waals surface area contributed by atoms with Gasteiger partial charge in [0.25, 0.3) is 11.7 Å². The molecule has 7 nitrogen and oxygen atoms in total. The second kappa shape index (κ2) is 7.82. The summed E-state index contributed by atoms with van der Waals surface area (Å²) >= 11 is 0. The third-order valence-electron chi connectivity index (χ3n) is 4.60. The minimum Gasteiger partial charge on any atom is -0.419 e. The lowest BCUT2D eigenvalue weighted by Gasteiger charge is -2.29. The van der Waals surface area contributed by atoms with Gasteiger partial charge in [0, 0.05) is 26.1 Å². The minimum absolute atomic E-state index is 0.182. The molecular weight excluding hydrogens is 348 g/mol. The van der Waals surface area contributed by atoms with E-state index >= 15 is 0 Å². The Bertz CT molecular complexity index is 756. The highest BCUT2D eigenvalue weighted by atomic mass is 16.7. The number of cyclic esters (lactones) is 2. The van der Waals surface area contributed by atoms with Crippen LogP contribution in [0.25, 0.3) is 0 Å². The Labute approximate surface area is 158 Å². The van der Waals surface area contributed by atoms with Crippen molar-refractivity contribution in [3.63, 3.8) is 0 Å². The minimum atomic E-state index is -1.29. The molecule has 2 fully saturated rings. The zero-order chi connectivity index (χ0) is 19.4. The van der Waals surface area contributed by atoms with Crippen LogP contribution in [0.15, 0.2) is 36.0 Å². The highest BCUT2D eigenvalue weighted by molar-refractivity contribution is 6.15. The van der Waals surface area contributed by atoms with Crippen LogP contribution in [0.5, 0.6) is 0 Å². The standard InChI is InChI=1S/C20H24N2O5/c1-20(2)26-18(24)15(19(25)27-20)12-21-16-11-7-6-10-14(16)17(23)22-13-8-4-3-5-9-13/h6-7,10-13,21H,3-5,8-9H2,1-2H3,(H,22,23). The van der Waals surface area contributed by atoms with Crippen molar-refractivity contribution in [2.75, 3.05) is 5.32 Å². The molecule has 1 aliphatic carbocycles. The van der Waals surface area contributed by atoms with Crippen molar-refractivity contribution in [1.29, 1.82) is 0 Å². The third-order valence-corrected chi connectivity index (χ3v) is 4.60. The molecule has 1 saturated carbocycles. The van der Waals surface area contributed by atoms with Crippen molar-refractivity contribution >= 4 is 23.5 Å². The van der Waals surface area contributed by atoms with Gasteiger partial charge in [-0.1, -0.05) is 31.4 Å². The normalized spacial score (nSPS) is 19.7. The Morgan fingerprint density at radius 3 is 2.37 bits per heavy atom. The fourth-order valence-corrected chi connectivity index (χ4v) is 3.25. The molecule has 0 atom stereocenters. The van der Waals surface area contributed by atoms with Crippen LogP contribution >= 0.6 is 0 Å². The molecule has 0 unspecified atom stereocenters. The molecule has 0 spiro atoms. The number of nitrogens with one attached hydrogen (secondary N) is 2. The number of carbonyl (C=O) groups excluding carboxylic acids is 3. The number of para-hydroxylation sites is 1. The quantitative estimate of drug-likeness (QED) is 0.480. The molecule has 0 bridgehead atoms. The molecule has 2 aliphatic rings. The smallest absolute Gasteiger partial charge is 0.350 e. The Kier molecular flexibility index (Phi) is 5.48. The monoisotopic (exact) mass is 372 g/mol. The van der Waals surface area contributed by atoms with Gasteiger partial charge in [0.2, 0.25) is 0 Å². The van der Waals surface area contributed by atoms with E-state index in [1.807, 2.05) is 0 Å². The van der Waals surface area contributed by atoms with Gasteiger partial charge >= 0.3 is 11.9 Å². The Hall–Kier alpha value is -2.83. The van der Waals surface area contributed by atoms with Gasteiger partial charge in [-0.25, -0.2) is 9.59 Å². The number of esters is 2. The number of amides is 1. The van der Waals surface area contributed by atoms with Crippen LogP contribution in [-0.4, -0.2) is 29.7 Å². The number of hydrogen-bond donors (Lipinski definition) is 2. The van der Waals surface area contributed by atoms with E-state index in [1.165, 1.54) is 26.5 Å². The summed E-state index contributed by atoms with van der Waals surface area (Å²) in [6, 6.07) is 7.11. The van der Waals surface area contributed by atoms with Crippen LogP contribution < -0.4 is 10.6 Å². The molecule has 2 N–H and O–H groups in total. The van der Waals surface area contributed by atoms with E-state index in [9.17, 15) is 14.4 Å². The van der Waals surface area contributed by atoms with Crippen molar-refractivity contribution in [2.45, 2.75) is 57.8 Å². The molecule has 3 rings (SSSR count). The van der Waals surface area contributed by atoms with E-state index in [0.29, 0.717) is 11.3 Å². The van der Waals surface area contributed by atoms with Crippen molar-refractivity contribution < 1.29 is 23.9 Å². The van der Waals surface area contributed by atoms with Crippen LogP contribution in [0.1, 0.15) is 56.3 Å². The Morgan fingerprint density at radius 1 is 1.07 bits per heavy atom. The number of anilines is 1. The molecule has 0 aromatic heterocycles. The molecule has 1 aliphatic heterocycles. The van der Waals surface area contributed by atoms with Crippen molar-refractivity contribution in [3.8, 4) is 0 Å². The van der Waals surface area contributed by atoms with Crippen molar-refractivity contribution in [3.05, 3.63) is 41.6 Å². The first-order chi connectivity index (χ1) is 12.9. The van der Waals surface area contributed by atoms with E-state index in [1.54, 1.807) is 24.3 Å². The maximum Gasteiger partial charge on any atom is 0.350 e. The number of rotatable bonds is 4. The summed E-state index contributed by atoms with van der Waals surface area (Å²) in [4.78, 5) is 36.7. The molecule has 144 valence electrons. The number of carbonyl (C=O) groups is 3. The molecule has 27 heavy (non-hydrogen) atoms. The first-order valence-corrected chi connectivity index (χ1v) is 9.19. The lowest BCUT2D eigenvalue weighted by atomic mass is 9.95. The van der Waals surface area contributed by atoms with E-state index < -0.39 is 17.7 Å². The molecule has 1 amide bonds. The van der Waals surface area contributed by atoms with Crippen LogP contribution in [0.2, 0.25) is 0 Å². The molecule has 1 saturated heterocycles. The summed E-state index contributed by atoms with van der Waals surface area (Å²) in [6.07, 6.45) is 6.64. The average Bonchev–Trinajstić information content (AvgIpc) is 2.61. The van der Waals surface area contributed by atoms with E-state index in [4.69, 9.17) is 9.47 Å². The molecule has 1 heterocycles. The predicted molar refractivity (Wildman–Crippen MR) is 98.7 cm³/mol. The van der Waals surface area contributed by atoms with Gasteiger partial charge in [-0.15, -0.1) is 0 Å². The summed E-state index contributed by atoms with van der Waals surface area (Å²) in [5, 5.41) is 5.92. The Morgan fingerprint density at radius 2 is 1.70 bits per heavy atom. The van der Waals surface area contributed by atoms with Crippen molar-refractivity contribution in [2.24, 2.45) is 0 Å². The molecule has 7 heteroatoms. The van der Waals surface area contributed by atoms with Gasteiger partial charge in [-0.05, 0) is 25.0 Å². The van der Waals surface area contributed by atoms with Gasteiger partial charge in [0.05, 0.1) is 11.3 Å². The predicted octanol–water partition coefficient (Wildman–Crippen LogP) is 2.88. The molecule has 1 aromatic rings. The topological polar surface area (TPSA) is 93.7 Å². The highest BCUT2D eigenvalue weighted by Crippen LogP contribution is 2.24. The molecular formula is C20H24N2O5. The van der Waals surface area contributed by atoms with E-state index in [2.05, 4.69) is 10.6 Å². The zero-order valence-corrected chi connectivity index (χ0v) is 15.5. The average molecular weight is 372 g/mol. The lowest BCUT2D eigenvalue weighted by molar-refractivity contribution is -0.222. The third kappa shape index (κ3) is 4.67. The summed E-state index contributed by atoms with van der Waals surface area (Å²) in [6.45, 7) is 2.97. The zero-order valence-electron chi connectivity index (χ0n) is 15.5. The van der Waals surface area contributed by atoms with Gasteiger partial charge in [0.1, 0.15) is 0 Å². The van der Waals surface area contributed by atoms with Crippen molar-refractivity contribution in [1.82, 2.24) is 5.32 Å². The van der Waals surface area contributed by atoms with E-state index in [-0.39, 0.29) is 17.5 Å². The molecule has 1 aromatic carbocycles. The second-order valence-electron chi connectivity index (χ2n) is 7.24. The van der Waals surface area contributed by atoms with Crippen LogP contribution in [0.3, 0.4) is 0 Å². The van der Waals surface area contributed by atoms with Crippen LogP contribution in [0, 0.1) is 0 Å². The number of benzene rings is 1. The lowest BCUT2D eigenvalue weighted by Crippen LogP contribution is -2.42. The fraction of sp³-hybridized carbons (Fsp3) is 0.450. The largest absolute Gasteiger partial charge is 0.419 e. The van der Waals surface area contributed by atoms with Crippen LogP contribution in [-0.2, 0) is 19.1 Å². The maximum absolute atomic E-state index is 12.6. The maximum atomic E-state index is 12.6. The number of ether oxygens (including phenoxy) is 2. The summed E-state index contributed by atoms with van der Waals surface area (Å²) in [5.41, 5.74) is 0.679. The molecule has 0 radical (unpaired) electrons. The summed E-state index contributed by atoms with van der Waals surface area (Å²) in [5.74, 6) is -3.01. The van der Waals surface area contributed by atoms with Gasteiger partial charge in [-0.2, -0.15) is 0 Å². The van der Waals surface area contributed by atoms with Gasteiger partial charge in [-0.3, -0.25) is 4.79 Å². The first kappa shape index (κ1) is 18.9. The van der Waals surface area contributed by atoms with E-state index in [0.717, 1.165) is 25.7 Å². The Balaban J connectivity index is 1.73. The van der Waals surface area contributed by atoms with Crippen LogP contribution in [0.4, 0.5) is 5.69 Å². The second-order valence-corrected chi connectivity index (χ2v) is 7.24. The summed E-state index contributed by atoms with van der Waals surface area (Å²) in [7, 11) is 0. The van der Waals surface area contributed by atoms with Gasteiger partial charge in [0.15, 0.2) is 5.57 Å². The summed E-state index contributed by atoms with van der Waals surface area (Å²) < 4.78 is 10.1. The highest BCUT2D eigenvalue weighted by Gasteiger charge is 2.39. The fourth-order valence-electron chi connectivity index (χ4n) is 3.25. The number of hydrogen-bond acceptors (Lipinski definition) is 6. The van der Waals surface area contributed by atoms with Gasteiger partial charge < -0.3 is 20.1 Å². The SMILES string of the molecule is CC1(C)OC(=O)C(=CNc2ccccc2C(=O)NC2CCCCC2)C(=O)O1.